The third-order valence-electron chi connectivity index (χ3n) is 3.72. The van der Waals surface area contributed by atoms with Gasteiger partial charge in [-0.05, 0) is 44.9 Å². The Morgan fingerprint density at radius 1 is 1.33 bits per heavy atom. The van der Waals surface area contributed by atoms with Crippen LogP contribution in [0, 0.1) is 5.92 Å². The first kappa shape index (κ1) is 15.4. The number of hydrogen-bond acceptors (Lipinski definition) is 3. The topological polar surface area (TPSA) is 50.4 Å². The highest BCUT2D eigenvalue weighted by Gasteiger charge is 2.21. The molecule has 106 valence electrons. The van der Waals surface area contributed by atoms with Crippen molar-refractivity contribution in [3.8, 4) is 0 Å². The van der Waals surface area contributed by atoms with Gasteiger partial charge in [0.1, 0.15) is 0 Å². The van der Waals surface area contributed by atoms with E-state index in [1.807, 2.05) is 6.92 Å². The second-order valence-corrected chi connectivity index (χ2v) is 5.48. The van der Waals surface area contributed by atoms with E-state index in [4.69, 9.17) is 4.74 Å². The lowest BCUT2D eigenvalue weighted by atomic mass is 9.87. The lowest BCUT2D eigenvalue weighted by molar-refractivity contribution is -0.123. The lowest BCUT2D eigenvalue weighted by Crippen LogP contribution is -2.47. The fourth-order valence-corrected chi connectivity index (χ4v) is 2.44. The maximum absolute atomic E-state index is 11.8. The summed E-state index contributed by atoms with van der Waals surface area (Å²) in [5.41, 5.74) is 0. The first-order valence-electron chi connectivity index (χ1n) is 7.16. The number of carbonyl (C=O) groups excluding carboxylic acids is 1. The molecule has 1 aliphatic rings. The van der Waals surface area contributed by atoms with Crippen LogP contribution < -0.4 is 10.6 Å². The van der Waals surface area contributed by atoms with Crippen molar-refractivity contribution in [2.24, 2.45) is 5.92 Å². The molecule has 0 aromatic carbocycles. The Balaban J connectivity index is 2.14. The lowest BCUT2D eigenvalue weighted by Gasteiger charge is -2.29. The van der Waals surface area contributed by atoms with Gasteiger partial charge in [-0.3, -0.25) is 4.79 Å². The number of rotatable bonds is 7. The Kier molecular flexibility index (Phi) is 7.28. The molecular weight excluding hydrogens is 228 g/mol. The molecule has 1 fully saturated rings. The molecule has 1 atom stereocenters. The zero-order valence-electron chi connectivity index (χ0n) is 12.0. The molecule has 0 aromatic rings. The molecule has 1 saturated carbocycles. The minimum absolute atomic E-state index is 0.0917. The van der Waals surface area contributed by atoms with Crippen LogP contribution in [0.4, 0.5) is 0 Å². The molecule has 2 N–H and O–H groups in total. The van der Waals surface area contributed by atoms with Crippen molar-refractivity contribution in [1.29, 1.82) is 0 Å². The summed E-state index contributed by atoms with van der Waals surface area (Å²) in [5, 5.41) is 6.37. The second-order valence-electron chi connectivity index (χ2n) is 5.48. The van der Waals surface area contributed by atoms with Crippen molar-refractivity contribution in [3.63, 3.8) is 0 Å². The predicted octanol–water partition coefficient (Wildman–Crippen LogP) is 1.70. The van der Waals surface area contributed by atoms with E-state index in [1.54, 1.807) is 7.11 Å². The fraction of sp³-hybridized carbons (Fsp3) is 0.929. The van der Waals surface area contributed by atoms with E-state index in [0.29, 0.717) is 19.2 Å². The average molecular weight is 256 g/mol. The van der Waals surface area contributed by atoms with E-state index in [9.17, 15) is 4.79 Å². The van der Waals surface area contributed by atoms with Gasteiger partial charge in [0, 0.05) is 26.3 Å². The number of hydrogen-bond donors (Lipinski definition) is 2. The van der Waals surface area contributed by atoms with Crippen LogP contribution in [0.25, 0.3) is 0 Å². The van der Waals surface area contributed by atoms with Crippen molar-refractivity contribution in [2.45, 2.75) is 58.0 Å². The average Bonchev–Trinajstić information content (AvgIpc) is 2.37. The van der Waals surface area contributed by atoms with Gasteiger partial charge in [-0.15, -0.1) is 0 Å². The standard InChI is InChI=1S/C14H28N2O2/c1-11-5-7-13(8-6-11)16-12(2)14(17)15-9-4-10-18-3/h11-13,16H,4-10H2,1-3H3,(H,15,17). The maximum Gasteiger partial charge on any atom is 0.236 e. The number of amides is 1. The van der Waals surface area contributed by atoms with Crippen molar-refractivity contribution < 1.29 is 9.53 Å². The van der Waals surface area contributed by atoms with E-state index >= 15 is 0 Å². The summed E-state index contributed by atoms with van der Waals surface area (Å²) < 4.78 is 4.95. The Bertz CT molecular complexity index is 238. The zero-order chi connectivity index (χ0) is 13.4. The Hall–Kier alpha value is -0.610. The highest BCUT2D eigenvalue weighted by molar-refractivity contribution is 5.81. The minimum Gasteiger partial charge on any atom is -0.385 e. The van der Waals surface area contributed by atoms with Gasteiger partial charge in [-0.1, -0.05) is 6.92 Å². The normalized spacial score (nSPS) is 25.7. The maximum atomic E-state index is 11.8. The molecule has 0 radical (unpaired) electrons. The minimum atomic E-state index is -0.0917. The Labute approximate surface area is 111 Å². The summed E-state index contributed by atoms with van der Waals surface area (Å²) in [6.07, 6.45) is 5.82. The van der Waals surface area contributed by atoms with Gasteiger partial charge in [-0.2, -0.15) is 0 Å². The molecule has 0 saturated heterocycles. The van der Waals surface area contributed by atoms with Crippen LogP contribution in [-0.4, -0.2) is 38.3 Å². The van der Waals surface area contributed by atoms with Gasteiger partial charge in [-0.25, -0.2) is 0 Å². The first-order chi connectivity index (χ1) is 8.63. The van der Waals surface area contributed by atoms with E-state index < -0.39 is 0 Å². The molecule has 1 amide bonds. The SMILES string of the molecule is COCCCNC(=O)C(C)NC1CCC(C)CC1. The molecule has 0 bridgehead atoms. The van der Waals surface area contributed by atoms with Crippen LogP contribution in [0.15, 0.2) is 0 Å². The molecule has 0 heterocycles. The van der Waals surface area contributed by atoms with Crippen molar-refractivity contribution in [2.75, 3.05) is 20.3 Å². The molecule has 1 unspecified atom stereocenters. The van der Waals surface area contributed by atoms with Crippen molar-refractivity contribution in [3.05, 3.63) is 0 Å². The van der Waals surface area contributed by atoms with Crippen LogP contribution in [0.3, 0.4) is 0 Å². The Morgan fingerprint density at radius 2 is 2.00 bits per heavy atom. The van der Waals surface area contributed by atoms with Crippen LogP contribution in [0.2, 0.25) is 0 Å². The van der Waals surface area contributed by atoms with E-state index in [2.05, 4.69) is 17.6 Å². The molecule has 4 nitrogen and oxygen atoms in total. The highest BCUT2D eigenvalue weighted by atomic mass is 16.5. The zero-order valence-corrected chi connectivity index (χ0v) is 12.0. The summed E-state index contributed by atoms with van der Waals surface area (Å²) in [4.78, 5) is 11.8. The number of ether oxygens (including phenoxy) is 1. The summed E-state index contributed by atoms with van der Waals surface area (Å²) in [7, 11) is 1.68. The summed E-state index contributed by atoms with van der Waals surface area (Å²) >= 11 is 0. The van der Waals surface area contributed by atoms with Crippen LogP contribution in [0.5, 0.6) is 0 Å². The van der Waals surface area contributed by atoms with Crippen molar-refractivity contribution >= 4 is 5.91 Å². The van der Waals surface area contributed by atoms with Gasteiger partial charge in [0.25, 0.3) is 0 Å². The smallest absolute Gasteiger partial charge is 0.236 e. The van der Waals surface area contributed by atoms with Crippen molar-refractivity contribution in [1.82, 2.24) is 10.6 Å². The Morgan fingerprint density at radius 3 is 2.61 bits per heavy atom. The quantitative estimate of drug-likeness (QED) is 0.682. The van der Waals surface area contributed by atoms with Gasteiger partial charge in [0.15, 0.2) is 0 Å². The van der Waals surface area contributed by atoms with Crippen LogP contribution in [0.1, 0.15) is 46.0 Å². The van der Waals surface area contributed by atoms with E-state index in [0.717, 1.165) is 12.3 Å². The molecule has 18 heavy (non-hydrogen) atoms. The third kappa shape index (κ3) is 5.83. The van der Waals surface area contributed by atoms with E-state index in [-0.39, 0.29) is 11.9 Å². The summed E-state index contributed by atoms with van der Waals surface area (Å²) in [6, 6.07) is 0.423. The molecule has 0 spiro atoms. The summed E-state index contributed by atoms with van der Waals surface area (Å²) in [6.45, 7) is 5.65. The number of nitrogens with one attached hydrogen (secondary N) is 2. The van der Waals surface area contributed by atoms with E-state index in [1.165, 1.54) is 25.7 Å². The number of methoxy groups -OCH3 is 1. The molecule has 1 rings (SSSR count). The van der Waals surface area contributed by atoms with Crippen LogP contribution in [-0.2, 0) is 9.53 Å². The van der Waals surface area contributed by atoms with Gasteiger partial charge >= 0.3 is 0 Å². The molecular formula is C14H28N2O2. The highest BCUT2D eigenvalue weighted by Crippen LogP contribution is 2.23. The second kappa shape index (κ2) is 8.48. The molecule has 4 heteroatoms. The van der Waals surface area contributed by atoms with Crippen LogP contribution >= 0.6 is 0 Å². The molecule has 0 aromatic heterocycles. The van der Waals surface area contributed by atoms with Gasteiger partial charge < -0.3 is 15.4 Å². The largest absolute Gasteiger partial charge is 0.385 e. The fourth-order valence-electron chi connectivity index (χ4n) is 2.44. The first-order valence-corrected chi connectivity index (χ1v) is 7.16. The monoisotopic (exact) mass is 256 g/mol. The summed E-state index contributed by atoms with van der Waals surface area (Å²) in [5.74, 6) is 0.950. The third-order valence-corrected chi connectivity index (χ3v) is 3.72. The molecule has 1 aliphatic carbocycles. The predicted molar refractivity (Wildman–Crippen MR) is 73.5 cm³/mol. The van der Waals surface area contributed by atoms with Gasteiger partial charge in [0.05, 0.1) is 6.04 Å². The number of carbonyl (C=O) groups is 1. The van der Waals surface area contributed by atoms with Gasteiger partial charge in [0.2, 0.25) is 5.91 Å². The molecule has 0 aliphatic heterocycles.